The van der Waals surface area contributed by atoms with Crippen LogP contribution < -0.4 is 10.6 Å². The van der Waals surface area contributed by atoms with E-state index in [1.54, 1.807) is 19.1 Å². The van der Waals surface area contributed by atoms with Gasteiger partial charge < -0.3 is 15.4 Å². The molecule has 2 aromatic carbocycles. The van der Waals surface area contributed by atoms with Crippen molar-refractivity contribution in [2.24, 2.45) is 0 Å². The van der Waals surface area contributed by atoms with Crippen LogP contribution in [0.2, 0.25) is 0 Å². The summed E-state index contributed by atoms with van der Waals surface area (Å²) in [5, 5.41) is 5.49. The average Bonchev–Trinajstić information content (AvgIpc) is 2.69. The highest BCUT2D eigenvalue weighted by atomic mass is 19.1. The van der Waals surface area contributed by atoms with Gasteiger partial charge in [0.1, 0.15) is 5.82 Å². The number of nitrogens with one attached hydrogen (secondary N) is 2. The first kappa shape index (κ1) is 20.5. The Hall–Kier alpha value is -3.19. The molecule has 152 valence electrons. The second kappa shape index (κ2) is 9.34. The van der Waals surface area contributed by atoms with Crippen LogP contribution in [0.4, 0.5) is 9.18 Å². The predicted molar refractivity (Wildman–Crippen MR) is 107 cm³/mol. The quantitative estimate of drug-likeness (QED) is 0.705. The van der Waals surface area contributed by atoms with Gasteiger partial charge in [0.15, 0.2) is 0 Å². The molecule has 29 heavy (non-hydrogen) atoms. The van der Waals surface area contributed by atoms with Gasteiger partial charge in [0, 0.05) is 18.8 Å². The lowest BCUT2D eigenvalue weighted by molar-refractivity contribution is -0.139. The van der Waals surface area contributed by atoms with Gasteiger partial charge in [-0.3, -0.25) is 4.90 Å². The van der Waals surface area contributed by atoms with E-state index in [0.29, 0.717) is 29.9 Å². The number of carbonyl (C=O) groups is 2. The van der Waals surface area contributed by atoms with E-state index in [0.717, 1.165) is 5.56 Å². The Bertz CT molecular complexity index is 897. The molecule has 7 heteroatoms. The van der Waals surface area contributed by atoms with Gasteiger partial charge in [-0.25, -0.2) is 14.0 Å². The zero-order chi connectivity index (χ0) is 20.8. The van der Waals surface area contributed by atoms with Crippen molar-refractivity contribution < 1.29 is 18.7 Å². The smallest absolute Gasteiger partial charge is 0.338 e. The number of likely N-dealkylation sites (N-methyl/N-ethyl adjacent to an activating group) is 1. The first-order chi connectivity index (χ1) is 14.0. The van der Waals surface area contributed by atoms with Crippen LogP contribution in [0.1, 0.15) is 24.1 Å². The number of hydrogen-bond acceptors (Lipinski definition) is 4. The van der Waals surface area contributed by atoms with Crippen LogP contribution in [0.3, 0.4) is 0 Å². The first-order valence-electron chi connectivity index (χ1n) is 9.43. The van der Waals surface area contributed by atoms with Gasteiger partial charge in [0.2, 0.25) is 0 Å². The molecule has 2 amide bonds. The van der Waals surface area contributed by atoms with E-state index in [1.807, 2.05) is 42.3 Å². The number of halogens is 1. The molecule has 3 rings (SSSR count). The van der Waals surface area contributed by atoms with Gasteiger partial charge in [0.25, 0.3) is 0 Å². The topological polar surface area (TPSA) is 70.7 Å². The van der Waals surface area contributed by atoms with Gasteiger partial charge >= 0.3 is 12.0 Å². The van der Waals surface area contributed by atoms with Crippen LogP contribution in [0, 0.1) is 5.82 Å². The van der Waals surface area contributed by atoms with E-state index < -0.39 is 23.9 Å². The van der Waals surface area contributed by atoms with Gasteiger partial charge in [-0.2, -0.15) is 0 Å². The fourth-order valence-electron chi connectivity index (χ4n) is 3.32. The van der Waals surface area contributed by atoms with E-state index >= 15 is 0 Å². The molecule has 0 aromatic heterocycles. The van der Waals surface area contributed by atoms with E-state index in [4.69, 9.17) is 4.74 Å². The molecule has 0 fully saturated rings. The van der Waals surface area contributed by atoms with E-state index in [2.05, 4.69) is 10.6 Å². The molecule has 0 bridgehead atoms. The SMILES string of the molecule is CCOC(=O)C1=C(CN(C)Cc2ccccc2)NC(=O)NC1c1ccc(F)cc1. The zero-order valence-corrected chi connectivity index (χ0v) is 16.4. The fraction of sp³-hybridized carbons (Fsp3) is 0.273. The van der Waals surface area contributed by atoms with E-state index in [1.165, 1.54) is 12.1 Å². The molecule has 1 heterocycles. The number of ether oxygens (including phenoxy) is 1. The number of rotatable bonds is 7. The number of carbonyl (C=O) groups excluding carboxylic acids is 2. The molecule has 2 N–H and O–H groups in total. The number of benzene rings is 2. The number of nitrogens with zero attached hydrogens (tertiary/aromatic N) is 1. The lowest BCUT2D eigenvalue weighted by atomic mass is 9.95. The van der Waals surface area contributed by atoms with Crippen molar-refractivity contribution in [1.82, 2.24) is 15.5 Å². The second-order valence-corrected chi connectivity index (χ2v) is 6.85. The van der Waals surface area contributed by atoms with Crippen LogP contribution in [0.25, 0.3) is 0 Å². The van der Waals surface area contributed by atoms with Gasteiger partial charge in [-0.1, -0.05) is 42.5 Å². The van der Waals surface area contributed by atoms with Crippen LogP contribution in [-0.2, 0) is 16.1 Å². The van der Waals surface area contributed by atoms with Crippen LogP contribution >= 0.6 is 0 Å². The molecule has 0 saturated heterocycles. The maximum absolute atomic E-state index is 13.4. The Morgan fingerprint density at radius 1 is 1.10 bits per heavy atom. The Balaban J connectivity index is 1.93. The molecule has 6 nitrogen and oxygen atoms in total. The minimum atomic E-state index is -0.719. The van der Waals surface area contributed by atoms with Gasteiger partial charge in [-0.05, 0) is 37.2 Å². The minimum absolute atomic E-state index is 0.208. The highest BCUT2D eigenvalue weighted by Gasteiger charge is 2.34. The highest BCUT2D eigenvalue weighted by Crippen LogP contribution is 2.28. The number of amides is 2. The number of hydrogen-bond donors (Lipinski definition) is 2. The van der Waals surface area contributed by atoms with Crippen LogP contribution in [-0.4, -0.2) is 37.1 Å². The summed E-state index contributed by atoms with van der Waals surface area (Å²) >= 11 is 0. The Kier molecular flexibility index (Phi) is 6.61. The van der Waals surface area contributed by atoms with Crippen molar-refractivity contribution in [2.75, 3.05) is 20.2 Å². The summed E-state index contributed by atoms with van der Waals surface area (Å²) < 4.78 is 18.6. The molecule has 1 aliphatic heterocycles. The average molecular weight is 397 g/mol. The molecular formula is C22H24FN3O3. The zero-order valence-electron chi connectivity index (χ0n) is 16.4. The van der Waals surface area contributed by atoms with E-state index in [-0.39, 0.29) is 6.61 Å². The molecule has 2 aromatic rings. The van der Waals surface area contributed by atoms with Crippen molar-refractivity contribution in [3.05, 3.63) is 82.8 Å². The van der Waals surface area contributed by atoms with Crippen molar-refractivity contribution in [1.29, 1.82) is 0 Å². The predicted octanol–water partition coefficient (Wildman–Crippen LogP) is 3.13. The monoisotopic (exact) mass is 397 g/mol. The highest BCUT2D eigenvalue weighted by molar-refractivity contribution is 5.95. The second-order valence-electron chi connectivity index (χ2n) is 6.85. The van der Waals surface area contributed by atoms with Crippen LogP contribution in [0.5, 0.6) is 0 Å². The third-order valence-electron chi connectivity index (χ3n) is 4.58. The fourth-order valence-corrected chi connectivity index (χ4v) is 3.32. The summed E-state index contributed by atoms with van der Waals surface area (Å²) in [5.74, 6) is -0.907. The van der Waals surface area contributed by atoms with Crippen molar-refractivity contribution in [2.45, 2.75) is 19.5 Å². The minimum Gasteiger partial charge on any atom is -0.463 e. The largest absolute Gasteiger partial charge is 0.463 e. The lowest BCUT2D eigenvalue weighted by Crippen LogP contribution is -2.48. The molecule has 0 spiro atoms. The third kappa shape index (κ3) is 5.20. The maximum Gasteiger partial charge on any atom is 0.338 e. The molecule has 1 aliphatic rings. The first-order valence-corrected chi connectivity index (χ1v) is 9.43. The summed E-state index contributed by atoms with van der Waals surface area (Å²) in [4.78, 5) is 27.0. The molecule has 1 atom stereocenters. The Morgan fingerprint density at radius 3 is 2.45 bits per heavy atom. The maximum atomic E-state index is 13.4. The molecule has 0 aliphatic carbocycles. The summed E-state index contributed by atoms with van der Waals surface area (Å²) in [6.45, 7) is 2.92. The summed E-state index contributed by atoms with van der Waals surface area (Å²) in [6, 6.07) is 14.5. The normalized spacial score (nSPS) is 16.4. The Morgan fingerprint density at radius 2 is 1.79 bits per heavy atom. The number of esters is 1. The Labute approximate surface area is 169 Å². The summed E-state index contributed by atoms with van der Waals surface area (Å²) in [6.07, 6.45) is 0. The van der Waals surface area contributed by atoms with Crippen molar-refractivity contribution in [3.63, 3.8) is 0 Å². The third-order valence-corrected chi connectivity index (χ3v) is 4.58. The van der Waals surface area contributed by atoms with E-state index in [9.17, 15) is 14.0 Å². The molecule has 1 unspecified atom stereocenters. The summed E-state index contributed by atoms with van der Waals surface area (Å²) in [7, 11) is 1.91. The van der Waals surface area contributed by atoms with Crippen LogP contribution in [0.15, 0.2) is 65.9 Å². The van der Waals surface area contributed by atoms with Crippen molar-refractivity contribution >= 4 is 12.0 Å². The number of urea groups is 1. The van der Waals surface area contributed by atoms with Crippen molar-refractivity contribution in [3.8, 4) is 0 Å². The lowest BCUT2D eigenvalue weighted by Gasteiger charge is -2.31. The molecular weight excluding hydrogens is 373 g/mol. The van der Waals surface area contributed by atoms with Gasteiger partial charge in [0.05, 0.1) is 18.2 Å². The van der Waals surface area contributed by atoms with Gasteiger partial charge in [-0.15, -0.1) is 0 Å². The summed E-state index contributed by atoms with van der Waals surface area (Å²) in [5.41, 5.74) is 2.51. The standard InChI is InChI=1S/C22H24FN3O3/c1-3-29-21(27)19-18(14-26(2)13-15-7-5-4-6-8-15)24-22(28)25-20(19)16-9-11-17(23)12-10-16/h4-12,20H,3,13-14H2,1-2H3,(H2,24,25,28). The molecule has 0 radical (unpaired) electrons. The molecule has 0 saturated carbocycles.